The van der Waals surface area contributed by atoms with E-state index in [4.69, 9.17) is 0 Å². The van der Waals surface area contributed by atoms with Crippen LogP contribution in [0.1, 0.15) is 37.0 Å². The van der Waals surface area contributed by atoms with Gasteiger partial charge in [0.05, 0.1) is 10.0 Å². The Morgan fingerprint density at radius 1 is 1.44 bits per heavy atom. The molecule has 0 bridgehead atoms. The lowest BCUT2D eigenvalue weighted by Gasteiger charge is -2.38. The summed E-state index contributed by atoms with van der Waals surface area (Å²) >= 11 is 3.16. The predicted molar refractivity (Wildman–Crippen MR) is 73.0 cm³/mol. The standard InChI is InChI=1S/C14H17BrFNO/c1-9-5-4-8-17(10(9)2)14(18)11-6-3-7-12(16)13(11)15/h3,6-7,9-10H,4-5,8H2,1-2H3. The molecular weight excluding hydrogens is 297 g/mol. The number of benzene rings is 1. The molecule has 2 rings (SSSR count). The van der Waals surface area contributed by atoms with Crippen molar-refractivity contribution in [2.75, 3.05) is 6.54 Å². The van der Waals surface area contributed by atoms with Crippen LogP contribution in [0.2, 0.25) is 0 Å². The molecule has 1 fully saturated rings. The first-order valence-electron chi connectivity index (χ1n) is 6.27. The van der Waals surface area contributed by atoms with Crippen molar-refractivity contribution in [1.29, 1.82) is 0 Å². The number of nitrogens with zero attached hydrogens (tertiary/aromatic N) is 1. The number of rotatable bonds is 1. The molecule has 0 spiro atoms. The van der Waals surface area contributed by atoms with Crippen LogP contribution < -0.4 is 0 Å². The lowest BCUT2D eigenvalue weighted by Crippen LogP contribution is -2.46. The van der Waals surface area contributed by atoms with Gasteiger partial charge in [-0.3, -0.25) is 4.79 Å². The van der Waals surface area contributed by atoms with Gasteiger partial charge in [-0.2, -0.15) is 0 Å². The van der Waals surface area contributed by atoms with E-state index >= 15 is 0 Å². The first kappa shape index (κ1) is 13.5. The van der Waals surface area contributed by atoms with E-state index in [-0.39, 0.29) is 16.4 Å². The third-order valence-corrected chi connectivity index (χ3v) is 4.62. The highest BCUT2D eigenvalue weighted by atomic mass is 79.9. The number of hydrogen-bond donors (Lipinski definition) is 0. The van der Waals surface area contributed by atoms with E-state index in [1.165, 1.54) is 6.07 Å². The van der Waals surface area contributed by atoms with Crippen molar-refractivity contribution in [3.05, 3.63) is 34.1 Å². The van der Waals surface area contributed by atoms with E-state index in [1.54, 1.807) is 12.1 Å². The van der Waals surface area contributed by atoms with E-state index in [0.717, 1.165) is 19.4 Å². The quantitative estimate of drug-likeness (QED) is 0.771. The Balaban J connectivity index is 2.28. The van der Waals surface area contributed by atoms with Crippen molar-refractivity contribution in [2.24, 2.45) is 5.92 Å². The molecule has 18 heavy (non-hydrogen) atoms. The van der Waals surface area contributed by atoms with Crippen molar-refractivity contribution in [2.45, 2.75) is 32.7 Å². The monoisotopic (exact) mass is 313 g/mol. The molecule has 4 heteroatoms. The van der Waals surface area contributed by atoms with E-state index in [2.05, 4.69) is 29.8 Å². The van der Waals surface area contributed by atoms with E-state index in [0.29, 0.717) is 11.5 Å². The van der Waals surface area contributed by atoms with Crippen molar-refractivity contribution < 1.29 is 9.18 Å². The molecule has 1 aliphatic rings. The second kappa shape index (κ2) is 5.39. The number of carbonyl (C=O) groups is 1. The molecule has 2 nitrogen and oxygen atoms in total. The Morgan fingerprint density at radius 3 is 2.89 bits per heavy atom. The highest BCUT2D eigenvalue weighted by Crippen LogP contribution is 2.27. The average molecular weight is 314 g/mol. The van der Waals surface area contributed by atoms with Crippen LogP contribution in [-0.2, 0) is 0 Å². The van der Waals surface area contributed by atoms with Gasteiger partial charge in [-0.1, -0.05) is 13.0 Å². The lowest BCUT2D eigenvalue weighted by atomic mass is 9.91. The van der Waals surface area contributed by atoms with Gasteiger partial charge >= 0.3 is 0 Å². The summed E-state index contributed by atoms with van der Waals surface area (Å²) < 4.78 is 13.7. The van der Waals surface area contributed by atoms with Crippen molar-refractivity contribution in [3.63, 3.8) is 0 Å². The molecule has 1 aromatic rings. The van der Waals surface area contributed by atoms with Crippen LogP contribution in [-0.4, -0.2) is 23.4 Å². The molecule has 0 aliphatic carbocycles. The second-order valence-electron chi connectivity index (χ2n) is 4.96. The number of amides is 1. The second-order valence-corrected chi connectivity index (χ2v) is 5.75. The van der Waals surface area contributed by atoms with E-state index in [9.17, 15) is 9.18 Å². The van der Waals surface area contributed by atoms with Crippen molar-refractivity contribution in [3.8, 4) is 0 Å². The Labute approximate surface area is 115 Å². The van der Waals surface area contributed by atoms with Gasteiger partial charge in [0.25, 0.3) is 5.91 Å². The van der Waals surface area contributed by atoms with Crippen LogP contribution in [0.25, 0.3) is 0 Å². The van der Waals surface area contributed by atoms with E-state index < -0.39 is 5.82 Å². The number of piperidine rings is 1. The molecular formula is C14H17BrFNO. The lowest BCUT2D eigenvalue weighted by molar-refractivity contribution is 0.0549. The van der Waals surface area contributed by atoms with Gasteiger partial charge in [0, 0.05) is 12.6 Å². The van der Waals surface area contributed by atoms with E-state index in [1.807, 2.05) is 4.90 Å². The van der Waals surface area contributed by atoms with Gasteiger partial charge in [-0.05, 0) is 53.7 Å². The maximum Gasteiger partial charge on any atom is 0.255 e. The molecule has 2 unspecified atom stereocenters. The Bertz CT molecular complexity index is 463. The van der Waals surface area contributed by atoms with Crippen LogP contribution in [0, 0.1) is 11.7 Å². The summed E-state index contributed by atoms with van der Waals surface area (Å²) in [5, 5.41) is 0. The van der Waals surface area contributed by atoms with Crippen LogP contribution in [0.4, 0.5) is 4.39 Å². The Hall–Kier alpha value is -0.900. The molecule has 98 valence electrons. The fourth-order valence-electron chi connectivity index (χ4n) is 2.45. The molecule has 1 aliphatic heterocycles. The highest BCUT2D eigenvalue weighted by Gasteiger charge is 2.30. The fourth-order valence-corrected chi connectivity index (χ4v) is 2.88. The normalized spacial score (nSPS) is 24.1. The van der Waals surface area contributed by atoms with Crippen LogP contribution >= 0.6 is 15.9 Å². The molecule has 0 N–H and O–H groups in total. The zero-order valence-corrected chi connectivity index (χ0v) is 12.2. The molecule has 1 saturated heterocycles. The minimum absolute atomic E-state index is 0.0829. The summed E-state index contributed by atoms with van der Waals surface area (Å²) in [4.78, 5) is 14.3. The Kier molecular flexibility index (Phi) is 4.05. The maximum atomic E-state index is 13.5. The summed E-state index contributed by atoms with van der Waals surface area (Å²) in [7, 11) is 0. The summed E-state index contributed by atoms with van der Waals surface area (Å²) in [6.45, 7) is 4.98. The predicted octanol–water partition coefficient (Wildman–Crippen LogP) is 3.85. The van der Waals surface area contributed by atoms with Crippen LogP contribution in [0.3, 0.4) is 0 Å². The van der Waals surface area contributed by atoms with Gasteiger partial charge in [-0.15, -0.1) is 0 Å². The van der Waals surface area contributed by atoms with Crippen LogP contribution in [0.5, 0.6) is 0 Å². The zero-order valence-electron chi connectivity index (χ0n) is 10.6. The number of halogens is 2. The summed E-state index contributed by atoms with van der Waals surface area (Å²) in [5.41, 5.74) is 0.413. The maximum absolute atomic E-state index is 13.5. The number of likely N-dealkylation sites (tertiary alicyclic amines) is 1. The van der Waals surface area contributed by atoms with Crippen molar-refractivity contribution in [1.82, 2.24) is 4.90 Å². The topological polar surface area (TPSA) is 20.3 Å². The third kappa shape index (κ3) is 2.44. The minimum atomic E-state index is -0.390. The molecule has 2 atom stereocenters. The van der Waals surface area contributed by atoms with Gasteiger partial charge in [-0.25, -0.2) is 4.39 Å². The molecule has 0 saturated carbocycles. The summed E-state index contributed by atoms with van der Waals surface area (Å²) in [6, 6.07) is 4.80. The zero-order chi connectivity index (χ0) is 13.3. The molecule has 1 amide bonds. The molecule has 1 heterocycles. The molecule has 0 aromatic heterocycles. The van der Waals surface area contributed by atoms with Crippen LogP contribution in [0.15, 0.2) is 22.7 Å². The minimum Gasteiger partial charge on any atom is -0.336 e. The third-order valence-electron chi connectivity index (χ3n) is 3.82. The number of carbonyl (C=O) groups excluding carboxylic acids is 1. The first-order chi connectivity index (χ1) is 8.52. The van der Waals surface area contributed by atoms with Crippen molar-refractivity contribution >= 4 is 21.8 Å². The smallest absolute Gasteiger partial charge is 0.255 e. The highest BCUT2D eigenvalue weighted by molar-refractivity contribution is 9.10. The van der Waals surface area contributed by atoms with Gasteiger partial charge in [0.1, 0.15) is 5.82 Å². The molecule has 1 aromatic carbocycles. The Morgan fingerprint density at radius 2 is 2.17 bits per heavy atom. The average Bonchev–Trinajstić information content (AvgIpc) is 2.35. The fraction of sp³-hybridized carbons (Fsp3) is 0.500. The first-order valence-corrected chi connectivity index (χ1v) is 7.06. The summed E-state index contributed by atoms with van der Waals surface area (Å²) in [6.07, 6.45) is 2.17. The summed E-state index contributed by atoms with van der Waals surface area (Å²) in [5.74, 6) is 0.0222. The van der Waals surface area contributed by atoms with Gasteiger partial charge < -0.3 is 4.90 Å². The molecule has 0 radical (unpaired) electrons. The van der Waals surface area contributed by atoms with Gasteiger partial charge in [0.15, 0.2) is 0 Å². The van der Waals surface area contributed by atoms with Gasteiger partial charge in [0.2, 0.25) is 0 Å². The largest absolute Gasteiger partial charge is 0.336 e. The SMILES string of the molecule is CC1CCCN(C(=O)c2cccc(F)c2Br)C1C. The number of hydrogen-bond acceptors (Lipinski definition) is 1.